The maximum absolute atomic E-state index is 14.1. The summed E-state index contributed by atoms with van der Waals surface area (Å²) in [5, 5.41) is 9.34. The van der Waals surface area contributed by atoms with Gasteiger partial charge in [0.05, 0.1) is 16.6 Å². The van der Waals surface area contributed by atoms with Crippen LogP contribution in [0.15, 0.2) is 25.3 Å². The molecule has 7 nitrogen and oxygen atoms in total. The van der Waals surface area contributed by atoms with E-state index >= 15 is 0 Å². The van der Waals surface area contributed by atoms with E-state index in [1.165, 1.54) is 0 Å². The maximum Gasteiger partial charge on any atom is 0.247 e. The number of carbonyl (C=O) groups excluding carboxylic acids is 3. The molecule has 5 atom stereocenters. The average Bonchev–Trinajstić information content (AvgIpc) is 3.38. The van der Waals surface area contributed by atoms with Gasteiger partial charge in [0.15, 0.2) is 0 Å². The monoisotopic (exact) mass is 477 g/mol. The molecule has 0 radical (unpaired) electrons. The number of aliphatic hydroxyl groups is 1. The summed E-state index contributed by atoms with van der Waals surface area (Å²) in [6, 6.07) is -0.606. The van der Waals surface area contributed by atoms with Crippen molar-refractivity contribution in [2.45, 2.75) is 68.0 Å². The van der Waals surface area contributed by atoms with Gasteiger partial charge in [0.2, 0.25) is 17.7 Å². The van der Waals surface area contributed by atoms with Crippen molar-refractivity contribution in [2.24, 2.45) is 11.8 Å². The zero-order chi connectivity index (χ0) is 24.6. The molecule has 33 heavy (non-hydrogen) atoms. The Kier molecular flexibility index (Phi) is 7.68. The molecule has 0 aromatic carbocycles. The van der Waals surface area contributed by atoms with E-state index in [0.717, 1.165) is 12.8 Å². The number of likely N-dealkylation sites (N-methyl/N-ethyl adjacent to an activating group) is 1. The second kappa shape index (κ2) is 9.82. The highest BCUT2D eigenvalue weighted by Crippen LogP contribution is 2.66. The van der Waals surface area contributed by atoms with E-state index in [1.54, 1.807) is 45.7 Å². The zero-order valence-corrected chi connectivity index (χ0v) is 21.3. The van der Waals surface area contributed by atoms with Gasteiger partial charge in [0.1, 0.15) is 6.04 Å². The van der Waals surface area contributed by atoms with Gasteiger partial charge in [-0.05, 0) is 46.5 Å². The van der Waals surface area contributed by atoms with Crippen molar-refractivity contribution < 1.29 is 19.5 Å². The van der Waals surface area contributed by atoms with E-state index in [1.807, 2.05) is 20.8 Å². The number of aliphatic hydroxyl groups excluding tert-OH is 1. The van der Waals surface area contributed by atoms with Crippen molar-refractivity contribution in [3.8, 4) is 0 Å². The van der Waals surface area contributed by atoms with E-state index in [0.29, 0.717) is 32.5 Å². The van der Waals surface area contributed by atoms with Gasteiger partial charge >= 0.3 is 0 Å². The van der Waals surface area contributed by atoms with Crippen LogP contribution in [0, 0.1) is 11.8 Å². The highest BCUT2D eigenvalue weighted by Gasteiger charge is 2.74. The van der Waals surface area contributed by atoms with E-state index in [9.17, 15) is 19.5 Å². The van der Waals surface area contributed by atoms with Gasteiger partial charge in [-0.25, -0.2) is 0 Å². The van der Waals surface area contributed by atoms with Crippen molar-refractivity contribution in [1.29, 1.82) is 0 Å². The summed E-state index contributed by atoms with van der Waals surface area (Å²) in [6.07, 6.45) is 6.19. The van der Waals surface area contributed by atoms with Crippen LogP contribution in [-0.2, 0) is 14.4 Å². The standard InChI is InChI=1S/C25H39N3O4S/c1-7-13-26(6)21(30)18-17-11-12-25(33-17)19(18)22(31)27(15-9-10-16-29)20(25)23(32)28(14-8-2)24(3,4)5/h7-8,17-20,29H,1-2,9-16H2,3-6H3/t17-,18+,19+,20?,25?/m1/s1. The Morgan fingerprint density at radius 1 is 1.21 bits per heavy atom. The lowest BCUT2D eigenvalue weighted by Gasteiger charge is -2.42. The third kappa shape index (κ3) is 4.36. The first-order valence-corrected chi connectivity index (χ1v) is 12.8. The lowest BCUT2D eigenvalue weighted by molar-refractivity contribution is -0.146. The number of thioether (sulfide) groups is 1. The molecule has 3 heterocycles. The molecule has 8 heteroatoms. The smallest absolute Gasteiger partial charge is 0.247 e. The van der Waals surface area contributed by atoms with E-state index in [4.69, 9.17) is 0 Å². The molecule has 1 spiro atoms. The number of fused-ring (bicyclic) bond motifs is 1. The van der Waals surface area contributed by atoms with Crippen LogP contribution in [0.25, 0.3) is 0 Å². The van der Waals surface area contributed by atoms with Crippen molar-refractivity contribution in [1.82, 2.24) is 14.7 Å². The molecule has 3 rings (SSSR count). The Balaban J connectivity index is 2.03. The highest BCUT2D eigenvalue weighted by atomic mass is 32.2. The SMILES string of the molecule is C=CCN(C)C(=O)[C@@H]1[C@H]2C(=O)N(CCCCO)C(C(=O)N(CC=C)C(C)(C)C)C23CC[C@H]1S3. The lowest BCUT2D eigenvalue weighted by atomic mass is 9.70. The quantitative estimate of drug-likeness (QED) is 0.386. The number of hydrogen-bond donors (Lipinski definition) is 1. The van der Waals surface area contributed by atoms with Crippen molar-refractivity contribution in [3.63, 3.8) is 0 Å². The van der Waals surface area contributed by atoms with Crippen LogP contribution >= 0.6 is 11.8 Å². The molecule has 3 aliphatic heterocycles. The van der Waals surface area contributed by atoms with Crippen LogP contribution in [0.3, 0.4) is 0 Å². The number of carbonyl (C=O) groups is 3. The van der Waals surface area contributed by atoms with Crippen molar-refractivity contribution in [3.05, 3.63) is 25.3 Å². The van der Waals surface area contributed by atoms with Crippen LogP contribution in [0.2, 0.25) is 0 Å². The van der Waals surface area contributed by atoms with Gasteiger partial charge in [-0.2, -0.15) is 0 Å². The number of hydrogen-bond acceptors (Lipinski definition) is 5. The molecule has 0 saturated carbocycles. The molecule has 3 aliphatic rings. The van der Waals surface area contributed by atoms with Gasteiger partial charge in [-0.15, -0.1) is 24.9 Å². The minimum absolute atomic E-state index is 0.0329. The van der Waals surface area contributed by atoms with Crippen molar-refractivity contribution in [2.75, 3.05) is 33.3 Å². The molecule has 3 amide bonds. The van der Waals surface area contributed by atoms with Gasteiger partial charge in [0, 0.05) is 44.1 Å². The van der Waals surface area contributed by atoms with Gasteiger partial charge < -0.3 is 19.8 Å². The van der Waals surface area contributed by atoms with Crippen molar-refractivity contribution >= 4 is 29.5 Å². The summed E-state index contributed by atoms with van der Waals surface area (Å²) in [5.41, 5.74) is -0.430. The maximum atomic E-state index is 14.1. The molecule has 184 valence electrons. The van der Waals surface area contributed by atoms with Gasteiger partial charge in [-0.1, -0.05) is 12.2 Å². The molecular formula is C25H39N3O4S. The third-order valence-corrected chi connectivity index (χ3v) is 9.24. The third-order valence-electron chi connectivity index (χ3n) is 7.29. The number of nitrogens with zero attached hydrogens (tertiary/aromatic N) is 3. The van der Waals surface area contributed by atoms with Gasteiger partial charge in [-0.3, -0.25) is 14.4 Å². The minimum atomic E-state index is -0.606. The fraction of sp³-hybridized carbons (Fsp3) is 0.720. The van der Waals surface area contributed by atoms with Gasteiger partial charge in [0.25, 0.3) is 0 Å². The predicted molar refractivity (Wildman–Crippen MR) is 132 cm³/mol. The zero-order valence-electron chi connectivity index (χ0n) is 20.5. The van der Waals surface area contributed by atoms with Crippen LogP contribution in [-0.4, -0.2) is 92.4 Å². The molecular weight excluding hydrogens is 438 g/mol. The van der Waals surface area contributed by atoms with E-state index in [2.05, 4.69) is 13.2 Å². The first kappa shape index (κ1) is 25.8. The summed E-state index contributed by atoms with van der Waals surface area (Å²) in [4.78, 5) is 46.6. The second-order valence-corrected chi connectivity index (χ2v) is 12.0. The number of amides is 3. The van der Waals surface area contributed by atoms with Crippen LogP contribution in [0.5, 0.6) is 0 Å². The Morgan fingerprint density at radius 2 is 1.88 bits per heavy atom. The minimum Gasteiger partial charge on any atom is -0.396 e. The summed E-state index contributed by atoms with van der Waals surface area (Å²) in [5.74, 6) is -1.09. The lowest BCUT2D eigenvalue weighted by Crippen LogP contribution is -2.58. The number of unbranched alkanes of at least 4 members (excludes halogenated alkanes) is 1. The average molecular weight is 478 g/mol. The molecule has 3 fully saturated rings. The summed E-state index contributed by atoms with van der Waals surface area (Å²) < 4.78 is -0.585. The Bertz CT molecular complexity index is 810. The topological polar surface area (TPSA) is 81.2 Å². The van der Waals surface area contributed by atoms with Crippen LogP contribution in [0.1, 0.15) is 46.5 Å². The fourth-order valence-electron chi connectivity index (χ4n) is 5.86. The normalized spacial score (nSPS) is 30.3. The number of likely N-dealkylation sites (tertiary alicyclic amines) is 1. The molecule has 2 unspecified atom stereocenters. The second-order valence-electron chi connectivity index (χ2n) is 10.4. The Labute approximate surface area is 202 Å². The van der Waals surface area contributed by atoms with E-state index < -0.39 is 28.2 Å². The van der Waals surface area contributed by atoms with Crippen LogP contribution < -0.4 is 0 Å². The van der Waals surface area contributed by atoms with Crippen LogP contribution in [0.4, 0.5) is 0 Å². The Hall–Kier alpha value is -1.80. The Morgan fingerprint density at radius 3 is 2.45 bits per heavy atom. The first-order chi connectivity index (χ1) is 15.5. The highest BCUT2D eigenvalue weighted by molar-refractivity contribution is 8.02. The molecule has 0 aromatic rings. The molecule has 2 bridgehead atoms. The molecule has 1 N–H and O–H groups in total. The molecule has 0 aliphatic carbocycles. The largest absolute Gasteiger partial charge is 0.396 e. The fourth-order valence-corrected chi connectivity index (χ4v) is 8.06. The molecule has 3 saturated heterocycles. The first-order valence-electron chi connectivity index (χ1n) is 11.9. The predicted octanol–water partition coefficient (Wildman–Crippen LogP) is 2.31. The molecule has 0 aromatic heterocycles. The summed E-state index contributed by atoms with van der Waals surface area (Å²) >= 11 is 1.69. The summed E-state index contributed by atoms with van der Waals surface area (Å²) in [7, 11) is 1.75. The van der Waals surface area contributed by atoms with E-state index in [-0.39, 0.29) is 29.6 Å². The number of rotatable bonds is 10. The summed E-state index contributed by atoms with van der Waals surface area (Å²) in [6.45, 7) is 14.8.